The molecule has 0 atom stereocenters. The Labute approximate surface area is 97.7 Å². The Morgan fingerprint density at radius 1 is 1.41 bits per heavy atom. The number of aryl methyl sites for hydroxylation is 1. The number of hydrogen-bond acceptors (Lipinski definition) is 5. The first kappa shape index (κ1) is 11.4. The predicted molar refractivity (Wildman–Crippen MR) is 62.5 cm³/mol. The van der Waals surface area contributed by atoms with Crippen molar-refractivity contribution in [1.82, 2.24) is 4.98 Å². The van der Waals surface area contributed by atoms with Crippen LogP contribution in [0.4, 0.5) is 0 Å². The molecule has 0 aliphatic carbocycles. The monoisotopic (exact) mass is 235 g/mol. The van der Waals surface area contributed by atoms with E-state index in [-0.39, 0.29) is 11.8 Å². The lowest BCUT2D eigenvalue weighted by atomic mass is 10.1. The summed E-state index contributed by atoms with van der Waals surface area (Å²) in [5.41, 5.74) is 0.612. The van der Waals surface area contributed by atoms with Crippen LogP contribution in [0.15, 0.2) is 21.3 Å². The topological polar surface area (TPSA) is 72.6 Å². The molecule has 2 aromatic rings. The molecule has 0 saturated heterocycles. The SMILES string of the molecule is CCOc1nc2cc(O)cc(CC)c2c(=O)o1. The molecule has 1 aromatic heterocycles. The van der Waals surface area contributed by atoms with E-state index in [2.05, 4.69) is 4.98 Å². The van der Waals surface area contributed by atoms with Gasteiger partial charge in [0.2, 0.25) is 0 Å². The van der Waals surface area contributed by atoms with E-state index in [1.807, 2.05) is 6.92 Å². The Bertz CT molecular complexity index is 603. The highest BCUT2D eigenvalue weighted by Crippen LogP contribution is 2.23. The van der Waals surface area contributed by atoms with E-state index in [1.54, 1.807) is 13.0 Å². The third kappa shape index (κ3) is 2.08. The Hall–Kier alpha value is -2.04. The summed E-state index contributed by atoms with van der Waals surface area (Å²) < 4.78 is 9.99. The van der Waals surface area contributed by atoms with Crippen LogP contribution in [0.1, 0.15) is 19.4 Å². The van der Waals surface area contributed by atoms with Crippen molar-refractivity contribution in [3.63, 3.8) is 0 Å². The second-order valence-corrected chi connectivity index (χ2v) is 3.55. The molecule has 5 heteroatoms. The number of hydrogen-bond donors (Lipinski definition) is 1. The summed E-state index contributed by atoms with van der Waals surface area (Å²) in [7, 11) is 0. The first-order chi connectivity index (χ1) is 8.15. The van der Waals surface area contributed by atoms with Gasteiger partial charge in [-0.2, -0.15) is 4.98 Å². The van der Waals surface area contributed by atoms with Crippen molar-refractivity contribution in [2.45, 2.75) is 20.3 Å². The molecule has 90 valence electrons. The van der Waals surface area contributed by atoms with Crippen molar-refractivity contribution in [3.05, 3.63) is 28.1 Å². The summed E-state index contributed by atoms with van der Waals surface area (Å²) in [4.78, 5) is 15.8. The zero-order valence-electron chi connectivity index (χ0n) is 9.69. The van der Waals surface area contributed by atoms with Crippen LogP contribution >= 0.6 is 0 Å². The molecule has 1 N–H and O–H groups in total. The first-order valence-electron chi connectivity index (χ1n) is 5.45. The number of phenols is 1. The highest BCUT2D eigenvalue weighted by Gasteiger charge is 2.11. The van der Waals surface area contributed by atoms with Crippen molar-refractivity contribution < 1.29 is 14.3 Å². The van der Waals surface area contributed by atoms with E-state index in [9.17, 15) is 9.90 Å². The highest BCUT2D eigenvalue weighted by atomic mass is 16.6. The minimum absolute atomic E-state index is 0.0716. The molecule has 0 fully saturated rings. The van der Waals surface area contributed by atoms with Crippen LogP contribution in [0.25, 0.3) is 10.9 Å². The van der Waals surface area contributed by atoms with Crippen molar-refractivity contribution in [2.75, 3.05) is 6.61 Å². The molecule has 0 unspecified atom stereocenters. The van der Waals surface area contributed by atoms with Crippen LogP contribution < -0.4 is 10.4 Å². The number of rotatable bonds is 3. The van der Waals surface area contributed by atoms with Gasteiger partial charge in [-0.25, -0.2) is 4.79 Å². The summed E-state index contributed by atoms with van der Waals surface area (Å²) in [6, 6.07) is 2.97. The minimum Gasteiger partial charge on any atom is -0.508 e. The lowest BCUT2D eigenvalue weighted by molar-refractivity contribution is 0.229. The van der Waals surface area contributed by atoms with Crippen LogP contribution in [0.5, 0.6) is 11.8 Å². The number of fused-ring (bicyclic) bond motifs is 1. The fourth-order valence-corrected chi connectivity index (χ4v) is 1.71. The molecule has 0 amide bonds. The summed E-state index contributed by atoms with van der Waals surface area (Å²) in [5, 5.41) is 9.94. The Balaban J connectivity index is 2.76. The quantitative estimate of drug-likeness (QED) is 0.878. The molecule has 0 spiro atoms. The first-order valence-corrected chi connectivity index (χ1v) is 5.45. The smallest absolute Gasteiger partial charge is 0.397 e. The fourth-order valence-electron chi connectivity index (χ4n) is 1.71. The van der Waals surface area contributed by atoms with Gasteiger partial charge in [-0.15, -0.1) is 0 Å². The summed E-state index contributed by atoms with van der Waals surface area (Å²) in [5.74, 6) is 0.0786. The van der Waals surface area contributed by atoms with Gasteiger partial charge in [0.1, 0.15) is 5.75 Å². The van der Waals surface area contributed by atoms with Gasteiger partial charge in [-0.3, -0.25) is 0 Å². The number of ether oxygens (including phenoxy) is 1. The van der Waals surface area contributed by atoms with E-state index >= 15 is 0 Å². The molecule has 0 aliphatic heterocycles. The summed E-state index contributed by atoms with van der Waals surface area (Å²) >= 11 is 0. The van der Waals surface area contributed by atoms with E-state index in [1.165, 1.54) is 6.07 Å². The van der Waals surface area contributed by atoms with Crippen molar-refractivity contribution in [3.8, 4) is 11.8 Å². The van der Waals surface area contributed by atoms with Gasteiger partial charge >= 0.3 is 11.7 Å². The van der Waals surface area contributed by atoms with E-state index in [0.29, 0.717) is 29.5 Å². The molecule has 1 aromatic carbocycles. The maximum Gasteiger partial charge on any atom is 0.397 e. The molecule has 0 saturated carbocycles. The number of aromatic hydroxyl groups is 1. The molecule has 1 heterocycles. The molecule has 0 radical (unpaired) electrons. The van der Waals surface area contributed by atoms with Gasteiger partial charge in [0.05, 0.1) is 17.5 Å². The third-order valence-electron chi connectivity index (χ3n) is 2.43. The van der Waals surface area contributed by atoms with E-state index in [0.717, 1.165) is 0 Å². The van der Waals surface area contributed by atoms with E-state index < -0.39 is 5.63 Å². The van der Waals surface area contributed by atoms with Gasteiger partial charge in [-0.1, -0.05) is 6.92 Å². The average Bonchev–Trinajstić information content (AvgIpc) is 2.27. The second-order valence-electron chi connectivity index (χ2n) is 3.55. The van der Waals surface area contributed by atoms with Gasteiger partial charge in [0, 0.05) is 6.07 Å². The average molecular weight is 235 g/mol. The standard InChI is InChI=1S/C12H13NO4/c1-3-7-5-8(14)6-9-10(7)11(15)17-12(13-9)16-4-2/h5-6,14H,3-4H2,1-2H3. The van der Waals surface area contributed by atoms with Gasteiger partial charge in [0.25, 0.3) is 0 Å². The number of phenolic OH excluding ortho intramolecular Hbond substituents is 1. The third-order valence-corrected chi connectivity index (χ3v) is 2.43. The second kappa shape index (κ2) is 4.45. The minimum atomic E-state index is -0.490. The molecular formula is C12H13NO4. The van der Waals surface area contributed by atoms with Gasteiger partial charge in [0.15, 0.2) is 0 Å². The van der Waals surface area contributed by atoms with Gasteiger partial charge < -0.3 is 14.3 Å². The molecular weight excluding hydrogens is 222 g/mol. The van der Waals surface area contributed by atoms with Crippen LogP contribution in [-0.4, -0.2) is 16.7 Å². The Morgan fingerprint density at radius 3 is 2.82 bits per heavy atom. The largest absolute Gasteiger partial charge is 0.508 e. The maximum atomic E-state index is 11.8. The predicted octanol–water partition coefficient (Wildman–Crippen LogP) is 1.85. The molecule has 5 nitrogen and oxygen atoms in total. The van der Waals surface area contributed by atoms with Crippen LogP contribution in [0.3, 0.4) is 0 Å². The van der Waals surface area contributed by atoms with Crippen molar-refractivity contribution in [2.24, 2.45) is 0 Å². The van der Waals surface area contributed by atoms with Crippen molar-refractivity contribution in [1.29, 1.82) is 0 Å². The van der Waals surface area contributed by atoms with Crippen LogP contribution in [0.2, 0.25) is 0 Å². The molecule has 17 heavy (non-hydrogen) atoms. The Morgan fingerprint density at radius 2 is 2.18 bits per heavy atom. The molecule has 0 bridgehead atoms. The zero-order valence-corrected chi connectivity index (χ0v) is 9.69. The fraction of sp³-hybridized carbons (Fsp3) is 0.333. The number of nitrogens with zero attached hydrogens (tertiary/aromatic N) is 1. The van der Waals surface area contributed by atoms with Crippen LogP contribution in [0, 0.1) is 0 Å². The lowest BCUT2D eigenvalue weighted by Crippen LogP contribution is -2.07. The number of benzene rings is 1. The lowest BCUT2D eigenvalue weighted by Gasteiger charge is -2.05. The summed E-state index contributed by atoms with van der Waals surface area (Å²) in [6.07, 6.45) is 0.545. The normalized spacial score (nSPS) is 10.7. The summed E-state index contributed by atoms with van der Waals surface area (Å²) in [6.45, 7) is 4.02. The van der Waals surface area contributed by atoms with Crippen molar-refractivity contribution >= 4 is 10.9 Å². The zero-order chi connectivity index (χ0) is 12.4. The Kier molecular flexibility index (Phi) is 2.99. The van der Waals surface area contributed by atoms with Gasteiger partial charge in [-0.05, 0) is 25.0 Å². The molecule has 2 rings (SSSR count). The van der Waals surface area contributed by atoms with Crippen LogP contribution in [-0.2, 0) is 6.42 Å². The maximum absolute atomic E-state index is 11.8. The van der Waals surface area contributed by atoms with E-state index in [4.69, 9.17) is 9.15 Å². The highest BCUT2D eigenvalue weighted by molar-refractivity contribution is 5.82. The number of aromatic nitrogens is 1. The molecule has 0 aliphatic rings.